The van der Waals surface area contributed by atoms with Crippen LogP contribution in [0, 0.1) is 16.2 Å². The van der Waals surface area contributed by atoms with Crippen LogP contribution in [0.5, 0.6) is 0 Å². The van der Waals surface area contributed by atoms with E-state index in [1.54, 1.807) is 0 Å². The predicted octanol–water partition coefficient (Wildman–Crippen LogP) is 6.76. The van der Waals surface area contributed by atoms with E-state index in [0.29, 0.717) is 16.2 Å². The van der Waals surface area contributed by atoms with E-state index in [9.17, 15) is 0 Å². The van der Waals surface area contributed by atoms with E-state index in [4.69, 9.17) is 19.2 Å². The summed E-state index contributed by atoms with van der Waals surface area (Å²) in [5.74, 6) is 0. The molecular weight excluding hydrogens is 720 g/mol. The summed E-state index contributed by atoms with van der Waals surface area (Å²) in [6.07, 6.45) is 3.66. The minimum absolute atomic E-state index is 0.284. The fraction of sp³-hybridized carbons (Fsp3) is 0.571. The van der Waals surface area contributed by atoms with Gasteiger partial charge in [-0.05, 0) is 0 Å². The zero-order valence-corrected chi connectivity index (χ0v) is 41.8. The third-order valence-corrected chi connectivity index (χ3v) is 10.3. The van der Waals surface area contributed by atoms with Crippen LogP contribution in [0.3, 0.4) is 0 Å². The van der Waals surface area contributed by atoms with Gasteiger partial charge in [-0.3, -0.25) is 0 Å². The van der Waals surface area contributed by atoms with E-state index in [-0.39, 0.29) is 16.2 Å². The van der Waals surface area contributed by atoms with Crippen LogP contribution >= 0.6 is 7.82 Å². The van der Waals surface area contributed by atoms with Gasteiger partial charge in [0.05, 0.1) is 0 Å². The third-order valence-electron chi connectivity index (χ3n) is 8.12. The molecule has 0 N–H and O–H groups in total. The second-order valence-corrected chi connectivity index (χ2v) is 24.1. The Hall–Kier alpha value is 1.55. The predicted molar refractivity (Wildman–Crippen MR) is 214 cm³/mol. The smallest absolute Gasteiger partial charge is 0.159 e. The normalized spacial score (nSPS) is 12.9. The summed E-state index contributed by atoms with van der Waals surface area (Å²) in [6.45, 7) is 34.9. The van der Waals surface area contributed by atoms with Crippen LogP contribution in [-0.4, -0.2) is 107 Å². The molecule has 0 saturated carbocycles. The van der Waals surface area contributed by atoms with Crippen molar-refractivity contribution in [1.29, 1.82) is 0 Å². The minimum atomic E-state index is -5.39. The maximum absolute atomic E-state index is 8.55. The second-order valence-electron chi connectivity index (χ2n) is 19.4. The molecule has 0 unspecified atom stereocenters. The van der Waals surface area contributed by atoms with E-state index in [2.05, 4.69) is 177 Å². The molecule has 0 amide bonds. The van der Waals surface area contributed by atoms with Crippen molar-refractivity contribution in [3.05, 3.63) is 89.5 Å². The van der Waals surface area contributed by atoms with Gasteiger partial charge in [-0.2, -0.15) is 7.82 Å². The first-order valence-electron chi connectivity index (χ1n) is 17.6. The van der Waals surface area contributed by atoms with Crippen molar-refractivity contribution in [3.63, 3.8) is 0 Å². The first-order chi connectivity index (χ1) is 22.1. The standard InChI is InChI=1S/3C14H21.3Ca.H3O4P/c3*1-13(2,3)11-14(4,5)12-9-7-6-8-10-12;;;;1-5(2,3)4/h3*7-10H,11H2,1-5H3;;;;(H3,1,2,3,4)/q;;;3*+1;/p-3. The average molecular weight is 783 g/mol. The van der Waals surface area contributed by atoms with Gasteiger partial charge in [0.2, 0.25) is 0 Å². The van der Waals surface area contributed by atoms with Gasteiger partial charge in [-0.25, -0.2) is 0 Å². The number of hydrogen-bond acceptors (Lipinski definition) is 4. The first kappa shape index (κ1) is 51.5. The molecule has 0 saturated heterocycles. The zero-order chi connectivity index (χ0) is 39.6. The SMILES string of the molecule is CC(C)(C)CC(C)(C)c1cc[c]([Ca+])cc1.CC(C)(C)CC(C)(C)c1cc[c]([Ca+])cc1.CC(C)(C)CC(C)(C)c1cc[c]([Ca+])cc1.O=P([O-])([O-])[O-]. The molecular formula is C42H63Ca3O4P. The molecule has 0 fully saturated rings. The van der Waals surface area contributed by atoms with Crippen molar-refractivity contribution >= 4 is 120 Å². The molecule has 4 nitrogen and oxygen atoms in total. The Morgan fingerprint density at radius 2 is 0.540 bits per heavy atom. The maximum atomic E-state index is 8.55. The number of benzene rings is 3. The van der Waals surface area contributed by atoms with Crippen LogP contribution < -0.4 is 19.7 Å². The van der Waals surface area contributed by atoms with E-state index < -0.39 is 7.82 Å². The van der Waals surface area contributed by atoms with E-state index in [1.165, 1.54) is 148 Å². The van der Waals surface area contributed by atoms with Gasteiger partial charge in [-0.15, -0.1) is 0 Å². The van der Waals surface area contributed by atoms with Gasteiger partial charge in [-0.1, -0.05) is 0 Å². The molecule has 266 valence electrons. The minimum Gasteiger partial charge on any atom is -0.822 e. The fourth-order valence-electron chi connectivity index (χ4n) is 7.15. The second kappa shape index (κ2) is 21.2. The van der Waals surface area contributed by atoms with Crippen LogP contribution in [-0.2, 0) is 20.8 Å². The Bertz CT molecular complexity index is 1280. The summed E-state index contributed by atoms with van der Waals surface area (Å²) < 4.78 is 12.9. The molecule has 3 rings (SSSR count). The maximum Gasteiger partial charge on any atom is -0.159 e. The molecule has 3 aromatic rings. The van der Waals surface area contributed by atoms with Crippen LogP contribution in [0.4, 0.5) is 0 Å². The largest absolute Gasteiger partial charge is 0.822 e. The van der Waals surface area contributed by atoms with Crippen molar-refractivity contribution in [1.82, 2.24) is 0 Å². The Labute approximate surface area is 379 Å². The molecule has 0 aliphatic carbocycles. The van der Waals surface area contributed by atoms with Crippen LogP contribution in [0.25, 0.3) is 0 Å². The molecule has 50 heavy (non-hydrogen) atoms. The van der Waals surface area contributed by atoms with Crippen molar-refractivity contribution < 1.29 is 19.2 Å². The van der Waals surface area contributed by atoms with Crippen molar-refractivity contribution in [2.45, 2.75) is 139 Å². The first-order valence-corrected chi connectivity index (χ1v) is 22.4. The Balaban J connectivity index is 0.000000674. The summed E-state index contributed by atoms with van der Waals surface area (Å²) in [5, 5.41) is 0. The van der Waals surface area contributed by atoms with Crippen molar-refractivity contribution in [2.75, 3.05) is 0 Å². The van der Waals surface area contributed by atoms with Gasteiger partial charge in [0.25, 0.3) is 0 Å². The molecule has 0 spiro atoms. The summed E-state index contributed by atoms with van der Waals surface area (Å²) in [6, 6.07) is 27.4. The van der Waals surface area contributed by atoms with E-state index in [1.807, 2.05) is 0 Å². The topological polar surface area (TPSA) is 86.2 Å². The number of hydrogen-bond donors (Lipinski definition) is 0. The van der Waals surface area contributed by atoms with Gasteiger partial charge < -0.3 is 19.2 Å². The average Bonchev–Trinajstić information content (AvgIpc) is 2.85. The van der Waals surface area contributed by atoms with Gasteiger partial charge in [0.1, 0.15) is 0 Å². The zero-order valence-electron chi connectivity index (χ0n) is 34.3. The molecule has 0 aliphatic rings. The molecule has 8 heteroatoms. The van der Waals surface area contributed by atoms with Crippen LogP contribution in [0.15, 0.2) is 72.8 Å². The summed E-state index contributed by atoms with van der Waals surface area (Å²) in [5.41, 5.74) is 6.43. The number of rotatable bonds is 6. The van der Waals surface area contributed by atoms with E-state index >= 15 is 0 Å². The van der Waals surface area contributed by atoms with Gasteiger partial charge in [0.15, 0.2) is 0 Å². The van der Waals surface area contributed by atoms with Crippen molar-refractivity contribution in [3.8, 4) is 0 Å². The molecule has 0 bridgehead atoms. The Morgan fingerprint density at radius 1 is 0.400 bits per heavy atom. The van der Waals surface area contributed by atoms with Crippen molar-refractivity contribution in [2.24, 2.45) is 16.2 Å². The monoisotopic (exact) mass is 782 g/mol. The summed E-state index contributed by atoms with van der Waals surface area (Å²) in [7, 11) is -5.39. The van der Waals surface area contributed by atoms with Crippen LogP contribution in [0.2, 0.25) is 0 Å². The molecule has 3 aromatic carbocycles. The molecule has 0 atom stereocenters. The molecule has 0 heterocycles. The quantitative estimate of drug-likeness (QED) is 0.205. The Morgan fingerprint density at radius 3 is 0.660 bits per heavy atom. The van der Waals surface area contributed by atoms with Gasteiger partial charge in [0, 0.05) is 0 Å². The van der Waals surface area contributed by atoms with E-state index in [0.717, 1.165) is 0 Å². The third kappa shape index (κ3) is 25.6. The summed E-state index contributed by atoms with van der Waals surface area (Å²) >= 11 is 3.75. The fourth-order valence-corrected chi connectivity index (χ4v) is 8.26. The molecule has 0 aliphatic heterocycles. The number of phosphoric acid groups is 1. The van der Waals surface area contributed by atoms with Gasteiger partial charge >= 0.3 is 357 Å². The van der Waals surface area contributed by atoms with Crippen LogP contribution in [0.1, 0.15) is 140 Å². The Kier molecular flexibility index (Phi) is 21.8. The summed E-state index contributed by atoms with van der Waals surface area (Å²) in [4.78, 5) is 25.6. The molecule has 0 aromatic heterocycles. The molecule has 0 radical (unpaired) electrons.